The number of rotatable bonds is 2. The van der Waals surface area contributed by atoms with Crippen LogP contribution >= 0.6 is 23.2 Å². The molecule has 21 heavy (non-hydrogen) atoms. The SMILES string of the molecule is C[C@@H](N)C(=O)N1CCN(C(=O)c2c(Cl)cccc2Cl)CC1. The van der Waals surface area contributed by atoms with E-state index in [4.69, 9.17) is 28.9 Å². The van der Waals surface area contributed by atoms with Crippen LogP contribution in [-0.4, -0.2) is 53.8 Å². The Morgan fingerprint density at radius 2 is 1.57 bits per heavy atom. The molecule has 1 fully saturated rings. The minimum atomic E-state index is -0.523. The average Bonchev–Trinajstić information content (AvgIpc) is 2.46. The van der Waals surface area contributed by atoms with E-state index in [1.807, 2.05) is 0 Å². The molecule has 2 N–H and O–H groups in total. The Morgan fingerprint density at radius 3 is 2.05 bits per heavy atom. The average molecular weight is 330 g/mol. The van der Waals surface area contributed by atoms with Crippen molar-refractivity contribution >= 4 is 35.0 Å². The van der Waals surface area contributed by atoms with Crippen LogP contribution in [0.4, 0.5) is 0 Å². The van der Waals surface area contributed by atoms with Crippen LogP contribution in [0.1, 0.15) is 17.3 Å². The van der Waals surface area contributed by atoms with Crippen molar-refractivity contribution in [2.45, 2.75) is 13.0 Å². The van der Waals surface area contributed by atoms with E-state index in [0.717, 1.165) is 0 Å². The van der Waals surface area contributed by atoms with Gasteiger partial charge in [0.1, 0.15) is 0 Å². The highest BCUT2D eigenvalue weighted by Crippen LogP contribution is 2.26. The van der Waals surface area contributed by atoms with Gasteiger partial charge in [-0.25, -0.2) is 0 Å². The smallest absolute Gasteiger partial charge is 0.257 e. The Hall–Kier alpha value is -1.30. The molecule has 1 aromatic carbocycles. The number of piperazine rings is 1. The highest BCUT2D eigenvalue weighted by Gasteiger charge is 2.27. The van der Waals surface area contributed by atoms with Gasteiger partial charge in [-0.2, -0.15) is 0 Å². The van der Waals surface area contributed by atoms with Gasteiger partial charge < -0.3 is 15.5 Å². The number of benzene rings is 1. The number of hydrogen-bond acceptors (Lipinski definition) is 3. The maximum Gasteiger partial charge on any atom is 0.257 e. The summed E-state index contributed by atoms with van der Waals surface area (Å²) in [4.78, 5) is 27.6. The zero-order chi connectivity index (χ0) is 15.6. The van der Waals surface area contributed by atoms with Crippen LogP contribution in [-0.2, 0) is 4.79 Å². The third kappa shape index (κ3) is 3.48. The third-order valence-corrected chi connectivity index (χ3v) is 4.07. The second-order valence-corrected chi connectivity index (χ2v) is 5.82. The molecule has 0 aromatic heterocycles. The summed E-state index contributed by atoms with van der Waals surface area (Å²) in [5, 5.41) is 0.670. The highest BCUT2D eigenvalue weighted by molar-refractivity contribution is 6.39. The van der Waals surface area contributed by atoms with E-state index in [2.05, 4.69) is 0 Å². The molecular formula is C14H17Cl2N3O2. The summed E-state index contributed by atoms with van der Waals surface area (Å²) < 4.78 is 0. The first-order valence-corrected chi connectivity index (χ1v) is 7.45. The lowest BCUT2D eigenvalue weighted by molar-refractivity contribution is -0.133. The number of halogens is 2. The van der Waals surface area contributed by atoms with Crippen LogP contribution in [0, 0.1) is 0 Å². The van der Waals surface area contributed by atoms with E-state index >= 15 is 0 Å². The minimum absolute atomic E-state index is 0.0992. The molecule has 0 bridgehead atoms. The number of nitrogens with zero attached hydrogens (tertiary/aromatic N) is 2. The molecule has 114 valence electrons. The zero-order valence-corrected chi connectivity index (χ0v) is 13.2. The Labute approximate surface area is 133 Å². The summed E-state index contributed by atoms with van der Waals surface area (Å²) in [6.07, 6.45) is 0. The molecule has 2 amide bonds. The molecule has 1 aromatic rings. The third-order valence-electron chi connectivity index (χ3n) is 3.44. The standard InChI is InChI=1S/C14H17Cl2N3O2/c1-9(17)13(20)18-5-7-19(8-6-18)14(21)12-10(15)3-2-4-11(12)16/h2-4,9H,5-8,17H2,1H3/t9-/m1/s1. The monoisotopic (exact) mass is 329 g/mol. The fraction of sp³-hybridized carbons (Fsp3) is 0.429. The normalized spacial score (nSPS) is 16.8. The molecule has 1 atom stereocenters. The molecule has 0 saturated carbocycles. The van der Waals surface area contributed by atoms with Gasteiger partial charge in [0.15, 0.2) is 0 Å². The van der Waals surface area contributed by atoms with Gasteiger partial charge in [0, 0.05) is 26.2 Å². The molecule has 5 nitrogen and oxygen atoms in total. The van der Waals surface area contributed by atoms with Crippen LogP contribution in [0.2, 0.25) is 10.0 Å². The van der Waals surface area contributed by atoms with E-state index < -0.39 is 6.04 Å². The Balaban J connectivity index is 2.06. The van der Waals surface area contributed by atoms with Crippen molar-refractivity contribution < 1.29 is 9.59 Å². The van der Waals surface area contributed by atoms with E-state index in [-0.39, 0.29) is 11.8 Å². The lowest BCUT2D eigenvalue weighted by Gasteiger charge is -2.35. The van der Waals surface area contributed by atoms with Gasteiger partial charge >= 0.3 is 0 Å². The highest BCUT2D eigenvalue weighted by atomic mass is 35.5. The molecule has 1 aliphatic rings. The topological polar surface area (TPSA) is 66.6 Å². The van der Waals surface area contributed by atoms with Crippen molar-refractivity contribution in [2.75, 3.05) is 26.2 Å². The van der Waals surface area contributed by atoms with Gasteiger partial charge in [0.2, 0.25) is 5.91 Å². The fourth-order valence-electron chi connectivity index (χ4n) is 2.28. The molecule has 0 spiro atoms. The lowest BCUT2D eigenvalue weighted by Crippen LogP contribution is -2.53. The van der Waals surface area contributed by atoms with Gasteiger partial charge in [-0.3, -0.25) is 9.59 Å². The molecule has 1 saturated heterocycles. The molecular weight excluding hydrogens is 313 g/mol. The molecule has 0 aliphatic carbocycles. The zero-order valence-electron chi connectivity index (χ0n) is 11.7. The summed E-state index contributed by atoms with van der Waals surface area (Å²) >= 11 is 12.1. The van der Waals surface area contributed by atoms with Gasteiger partial charge in [-0.15, -0.1) is 0 Å². The number of carbonyl (C=O) groups excluding carboxylic acids is 2. The van der Waals surface area contributed by atoms with E-state index in [9.17, 15) is 9.59 Å². The van der Waals surface area contributed by atoms with Crippen molar-refractivity contribution in [3.63, 3.8) is 0 Å². The van der Waals surface area contributed by atoms with E-state index in [1.54, 1.807) is 34.9 Å². The molecule has 2 rings (SSSR count). The van der Waals surface area contributed by atoms with Crippen LogP contribution in [0.15, 0.2) is 18.2 Å². The second-order valence-electron chi connectivity index (χ2n) is 5.00. The maximum absolute atomic E-state index is 12.5. The first kappa shape index (κ1) is 16.1. The van der Waals surface area contributed by atoms with Crippen molar-refractivity contribution in [3.8, 4) is 0 Å². The molecule has 1 heterocycles. The van der Waals surface area contributed by atoms with Crippen molar-refractivity contribution in [1.82, 2.24) is 9.80 Å². The van der Waals surface area contributed by atoms with Gasteiger partial charge in [-0.05, 0) is 19.1 Å². The van der Waals surface area contributed by atoms with E-state index in [0.29, 0.717) is 41.8 Å². The Bertz CT molecular complexity index is 535. The van der Waals surface area contributed by atoms with Crippen molar-refractivity contribution in [1.29, 1.82) is 0 Å². The number of nitrogens with two attached hydrogens (primary N) is 1. The first-order chi connectivity index (χ1) is 9.91. The summed E-state index contributed by atoms with van der Waals surface area (Å²) in [7, 11) is 0. The van der Waals surface area contributed by atoms with Crippen LogP contribution in [0.5, 0.6) is 0 Å². The maximum atomic E-state index is 12.5. The lowest BCUT2D eigenvalue weighted by atomic mass is 10.1. The van der Waals surface area contributed by atoms with Gasteiger partial charge in [0.05, 0.1) is 21.7 Å². The quantitative estimate of drug-likeness (QED) is 0.896. The molecule has 1 aliphatic heterocycles. The number of hydrogen-bond donors (Lipinski definition) is 1. The predicted molar refractivity (Wildman–Crippen MR) is 82.6 cm³/mol. The second kappa shape index (κ2) is 6.64. The van der Waals surface area contributed by atoms with Crippen LogP contribution in [0.25, 0.3) is 0 Å². The van der Waals surface area contributed by atoms with Gasteiger partial charge in [-0.1, -0.05) is 29.3 Å². The van der Waals surface area contributed by atoms with E-state index in [1.165, 1.54) is 0 Å². The van der Waals surface area contributed by atoms with Crippen LogP contribution in [0.3, 0.4) is 0 Å². The van der Waals surface area contributed by atoms with Gasteiger partial charge in [0.25, 0.3) is 5.91 Å². The predicted octanol–water partition coefficient (Wildman–Crippen LogP) is 1.62. The van der Waals surface area contributed by atoms with Crippen molar-refractivity contribution in [3.05, 3.63) is 33.8 Å². The molecule has 0 radical (unpaired) electrons. The summed E-state index contributed by atoms with van der Waals surface area (Å²) in [6.45, 7) is 3.48. The minimum Gasteiger partial charge on any atom is -0.338 e. The Kier molecular flexibility index (Phi) is 5.08. The summed E-state index contributed by atoms with van der Waals surface area (Å²) in [5.74, 6) is -0.309. The van der Waals surface area contributed by atoms with Crippen molar-refractivity contribution in [2.24, 2.45) is 5.73 Å². The fourth-order valence-corrected chi connectivity index (χ4v) is 2.84. The molecule has 7 heteroatoms. The summed E-state index contributed by atoms with van der Waals surface area (Å²) in [5.41, 5.74) is 5.90. The van der Waals surface area contributed by atoms with Crippen LogP contribution < -0.4 is 5.73 Å². The summed E-state index contributed by atoms with van der Waals surface area (Å²) in [6, 6.07) is 4.44. The Morgan fingerprint density at radius 1 is 1.10 bits per heavy atom. The first-order valence-electron chi connectivity index (χ1n) is 6.69. The number of amides is 2. The number of carbonyl (C=O) groups is 2. The molecule has 0 unspecified atom stereocenters. The largest absolute Gasteiger partial charge is 0.338 e.